The van der Waals surface area contributed by atoms with Crippen LogP contribution >= 0.6 is 0 Å². The van der Waals surface area contributed by atoms with Crippen molar-refractivity contribution in [1.82, 2.24) is 4.90 Å². The van der Waals surface area contributed by atoms with Crippen LogP contribution in [0.3, 0.4) is 0 Å². The summed E-state index contributed by atoms with van der Waals surface area (Å²) in [5.74, 6) is 0.219. The van der Waals surface area contributed by atoms with E-state index < -0.39 is 11.0 Å². The van der Waals surface area contributed by atoms with Crippen LogP contribution in [-0.2, 0) is 10.2 Å². The van der Waals surface area contributed by atoms with Gasteiger partial charge >= 0.3 is 0 Å². The maximum absolute atomic E-state index is 12.7. The van der Waals surface area contributed by atoms with Crippen molar-refractivity contribution in [3.63, 3.8) is 0 Å². The zero-order chi connectivity index (χ0) is 16.8. The lowest BCUT2D eigenvalue weighted by atomic mass is 9.53. The van der Waals surface area contributed by atoms with Gasteiger partial charge in [0, 0.05) is 12.3 Å². The van der Waals surface area contributed by atoms with Crippen molar-refractivity contribution in [3.05, 3.63) is 47.5 Å². The second-order valence-corrected chi connectivity index (χ2v) is 7.57. The zero-order valence-corrected chi connectivity index (χ0v) is 14.3. The van der Waals surface area contributed by atoms with Crippen molar-refractivity contribution in [2.24, 2.45) is 0 Å². The van der Waals surface area contributed by atoms with E-state index in [1.807, 2.05) is 12.1 Å². The third-order valence-corrected chi connectivity index (χ3v) is 6.40. The molecule has 2 bridgehead atoms. The molecule has 4 aliphatic rings. The quantitative estimate of drug-likeness (QED) is 0.780. The van der Waals surface area contributed by atoms with Gasteiger partial charge in [0.15, 0.2) is 0 Å². The molecule has 3 aliphatic carbocycles. The molecule has 1 aromatic carbocycles. The molecule has 1 aromatic rings. The molecule has 1 heterocycles. The predicted octanol–water partition coefficient (Wildman–Crippen LogP) is 3.71. The molecule has 0 spiro atoms. The molecule has 0 radical (unpaired) electrons. The highest BCUT2D eigenvalue weighted by molar-refractivity contribution is 5.93. The van der Waals surface area contributed by atoms with E-state index in [0.717, 1.165) is 31.5 Å². The van der Waals surface area contributed by atoms with Crippen LogP contribution in [0.2, 0.25) is 0 Å². The van der Waals surface area contributed by atoms with Gasteiger partial charge in [0.1, 0.15) is 11.3 Å². The Labute approximate surface area is 144 Å². The van der Waals surface area contributed by atoms with E-state index in [9.17, 15) is 10.1 Å². The Balaban J connectivity index is 1.89. The molecule has 0 unspecified atom stereocenters. The monoisotopic (exact) mass is 320 g/mol. The number of likely N-dealkylation sites (tertiary alicyclic amines) is 1. The first-order valence-electron chi connectivity index (χ1n) is 9.10. The third kappa shape index (κ3) is 1.96. The van der Waals surface area contributed by atoms with Gasteiger partial charge in [-0.2, -0.15) is 5.26 Å². The lowest BCUT2D eigenvalue weighted by Crippen LogP contribution is -2.61. The molecule has 124 valence electrons. The highest BCUT2D eigenvalue weighted by atomic mass is 16.1. The van der Waals surface area contributed by atoms with Crippen LogP contribution in [0.25, 0.3) is 0 Å². The number of carbonyl (C=O) groups is 1. The zero-order valence-electron chi connectivity index (χ0n) is 14.3. The normalized spacial score (nSPS) is 35.1. The Kier molecular flexibility index (Phi) is 3.62. The summed E-state index contributed by atoms with van der Waals surface area (Å²) < 4.78 is 0. The molecule has 1 fully saturated rings. The van der Waals surface area contributed by atoms with Crippen molar-refractivity contribution in [2.45, 2.75) is 55.9 Å². The largest absolute Gasteiger partial charge is 0.299 e. The van der Waals surface area contributed by atoms with E-state index in [-0.39, 0.29) is 11.7 Å². The first kappa shape index (κ1) is 15.6. The van der Waals surface area contributed by atoms with E-state index in [2.05, 4.69) is 35.3 Å². The average Bonchev–Trinajstić information content (AvgIpc) is 2.92. The first-order valence-corrected chi connectivity index (χ1v) is 9.10. The highest BCUT2D eigenvalue weighted by Gasteiger charge is 2.59. The number of hydrogen-bond acceptors (Lipinski definition) is 3. The maximum atomic E-state index is 12.7. The van der Waals surface area contributed by atoms with E-state index in [0.29, 0.717) is 6.42 Å². The molecule has 5 rings (SSSR count). The summed E-state index contributed by atoms with van der Waals surface area (Å²) in [6.45, 7) is 3.61. The Morgan fingerprint density at radius 1 is 1.21 bits per heavy atom. The van der Waals surface area contributed by atoms with Crippen LogP contribution in [-0.4, -0.2) is 29.3 Å². The molecule has 24 heavy (non-hydrogen) atoms. The number of carbonyl (C=O) groups excluding carboxylic acids is 1. The first-order chi connectivity index (χ1) is 11.6. The average molecular weight is 320 g/mol. The Bertz CT molecular complexity index is 738. The van der Waals surface area contributed by atoms with Gasteiger partial charge in [-0.25, -0.2) is 0 Å². The molecule has 3 nitrogen and oxygen atoms in total. The maximum Gasteiger partial charge on any atom is 0.144 e. The van der Waals surface area contributed by atoms with E-state index in [4.69, 9.17) is 0 Å². The van der Waals surface area contributed by atoms with E-state index in [1.165, 1.54) is 18.4 Å². The third-order valence-electron chi connectivity index (χ3n) is 6.40. The van der Waals surface area contributed by atoms with Gasteiger partial charge < -0.3 is 0 Å². The van der Waals surface area contributed by atoms with Crippen LogP contribution in [0.15, 0.2) is 36.4 Å². The lowest BCUT2D eigenvalue weighted by Gasteiger charge is -2.55. The van der Waals surface area contributed by atoms with Gasteiger partial charge in [0.05, 0.1) is 11.5 Å². The topological polar surface area (TPSA) is 44.1 Å². The van der Waals surface area contributed by atoms with E-state index >= 15 is 0 Å². The molecule has 0 aromatic heterocycles. The number of rotatable bonds is 2. The number of ketones is 1. The number of fused-ring (bicyclic) bond motifs is 1. The summed E-state index contributed by atoms with van der Waals surface area (Å²) >= 11 is 0. The molecular weight excluding hydrogens is 296 g/mol. The minimum atomic E-state index is -0.632. The fourth-order valence-electron chi connectivity index (χ4n) is 5.12. The summed E-state index contributed by atoms with van der Waals surface area (Å²) in [6.07, 6.45) is 9.60. The summed E-state index contributed by atoms with van der Waals surface area (Å²) in [7, 11) is 0. The summed E-state index contributed by atoms with van der Waals surface area (Å²) in [4.78, 5) is 15.1. The number of nitriles is 1. The lowest BCUT2D eigenvalue weighted by molar-refractivity contribution is -0.122. The Morgan fingerprint density at radius 2 is 1.92 bits per heavy atom. The second kappa shape index (κ2) is 5.57. The van der Waals surface area contributed by atoms with Crippen molar-refractivity contribution in [3.8, 4) is 6.07 Å². The van der Waals surface area contributed by atoms with Gasteiger partial charge in [-0.1, -0.05) is 49.3 Å². The molecule has 3 atom stereocenters. The predicted molar refractivity (Wildman–Crippen MR) is 93.7 cm³/mol. The van der Waals surface area contributed by atoms with Crippen LogP contribution in [0.4, 0.5) is 0 Å². The molecular formula is C21H24N2O. The van der Waals surface area contributed by atoms with Crippen LogP contribution in [0.5, 0.6) is 0 Å². The van der Waals surface area contributed by atoms with Gasteiger partial charge in [0.2, 0.25) is 0 Å². The van der Waals surface area contributed by atoms with Crippen molar-refractivity contribution in [1.29, 1.82) is 5.26 Å². The molecule has 1 aliphatic heterocycles. The fourth-order valence-corrected chi connectivity index (χ4v) is 5.12. The van der Waals surface area contributed by atoms with Crippen molar-refractivity contribution >= 4 is 5.78 Å². The SMILES string of the molecule is CC(=O)[C@@]12C=C[C@@H](c3ccccc31)[C@@](C#N)(N1CCCCCC1)C2. The molecule has 1 saturated heterocycles. The van der Waals surface area contributed by atoms with Crippen LogP contribution in [0.1, 0.15) is 56.1 Å². The number of hydrogen-bond donors (Lipinski definition) is 0. The number of allylic oxidation sites excluding steroid dienone is 1. The van der Waals surface area contributed by atoms with Gasteiger partial charge in [-0.3, -0.25) is 9.69 Å². The minimum Gasteiger partial charge on any atom is -0.299 e. The molecule has 0 saturated carbocycles. The van der Waals surface area contributed by atoms with Gasteiger partial charge in [-0.15, -0.1) is 0 Å². The summed E-state index contributed by atoms with van der Waals surface area (Å²) in [5.41, 5.74) is 1.07. The van der Waals surface area contributed by atoms with Crippen LogP contribution < -0.4 is 0 Å². The molecule has 0 amide bonds. The van der Waals surface area contributed by atoms with E-state index in [1.54, 1.807) is 6.92 Å². The van der Waals surface area contributed by atoms with Crippen molar-refractivity contribution < 1.29 is 4.79 Å². The molecule has 3 heteroatoms. The Morgan fingerprint density at radius 3 is 2.58 bits per heavy atom. The summed E-state index contributed by atoms with van der Waals surface area (Å²) in [5, 5.41) is 10.3. The summed E-state index contributed by atoms with van der Waals surface area (Å²) in [6, 6.07) is 10.9. The van der Waals surface area contributed by atoms with Crippen LogP contribution in [0, 0.1) is 11.3 Å². The van der Waals surface area contributed by atoms with Crippen molar-refractivity contribution in [2.75, 3.05) is 13.1 Å². The Hall–Kier alpha value is -1.92. The number of nitrogens with zero attached hydrogens (tertiary/aromatic N) is 2. The van der Waals surface area contributed by atoms with Gasteiger partial charge in [0.25, 0.3) is 0 Å². The second-order valence-electron chi connectivity index (χ2n) is 7.57. The van der Waals surface area contributed by atoms with Gasteiger partial charge in [-0.05, 0) is 44.0 Å². The standard InChI is InChI=1S/C21H24N2O/c1-16(24)20-11-10-19(17-8-4-5-9-18(17)20)21(14-20,15-22)23-12-6-2-3-7-13-23/h4-5,8-11,19H,2-3,6-7,12-14H2,1H3/t19-,20-,21+/m0/s1. The minimum absolute atomic E-state index is 0.0676. The fraction of sp³-hybridized carbons (Fsp3) is 0.524. The number of Topliss-reactive ketones (excluding diaryl/α,β-unsaturated/α-hetero) is 1. The number of benzene rings is 1. The smallest absolute Gasteiger partial charge is 0.144 e. The molecule has 0 N–H and O–H groups in total. The highest BCUT2D eigenvalue weighted by Crippen LogP contribution is 2.56.